The van der Waals surface area contributed by atoms with Gasteiger partial charge in [0.05, 0.1) is 5.56 Å². The molecule has 0 radical (unpaired) electrons. The van der Waals surface area contributed by atoms with Gasteiger partial charge in [0.15, 0.2) is 0 Å². The van der Waals surface area contributed by atoms with Crippen molar-refractivity contribution in [1.29, 1.82) is 0 Å². The van der Waals surface area contributed by atoms with Crippen LogP contribution in [0.25, 0.3) is 0 Å². The zero-order valence-electron chi connectivity index (χ0n) is 10.3. The van der Waals surface area contributed by atoms with Crippen LogP contribution in [0.15, 0.2) is 18.2 Å². The number of hydrogen-bond donors (Lipinski definition) is 2. The fraction of sp³-hybridized carbons (Fsp3) is 0.385. The molecule has 0 spiro atoms. The highest BCUT2D eigenvalue weighted by molar-refractivity contribution is 5.96. The molecule has 0 aromatic heterocycles. The third kappa shape index (κ3) is 2.30. The molecule has 0 fully saturated rings. The predicted octanol–water partition coefficient (Wildman–Crippen LogP) is 1.87. The summed E-state index contributed by atoms with van der Waals surface area (Å²) in [5, 5.41) is 11.8. The Morgan fingerprint density at radius 1 is 1.44 bits per heavy atom. The van der Waals surface area contributed by atoms with Crippen LogP contribution in [0.3, 0.4) is 0 Å². The zero-order chi connectivity index (χ0) is 13.1. The highest BCUT2D eigenvalue weighted by atomic mass is 16.4. The van der Waals surface area contributed by atoms with Gasteiger partial charge in [-0.05, 0) is 30.5 Å². The van der Waals surface area contributed by atoms with Crippen molar-refractivity contribution in [2.24, 2.45) is 0 Å². The fourth-order valence-corrected chi connectivity index (χ4v) is 2.05. The van der Waals surface area contributed by atoms with Crippen molar-refractivity contribution >= 4 is 17.7 Å². The lowest BCUT2D eigenvalue weighted by molar-refractivity contribution is 0.0697. The summed E-state index contributed by atoms with van der Waals surface area (Å²) in [5.74, 6) is -0.974. The average Bonchev–Trinajstić information content (AvgIpc) is 2.78. The summed E-state index contributed by atoms with van der Waals surface area (Å²) in [6, 6.07) is 4.77. The van der Waals surface area contributed by atoms with Crippen LogP contribution in [0.1, 0.15) is 29.3 Å². The second-order valence-corrected chi connectivity index (χ2v) is 4.28. The first-order valence-electron chi connectivity index (χ1n) is 6.05. The van der Waals surface area contributed by atoms with Gasteiger partial charge in [-0.3, -0.25) is 4.90 Å². The molecule has 2 rings (SSSR count). The third-order valence-corrected chi connectivity index (χ3v) is 3.00. The predicted molar refractivity (Wildman–Crippen MR) is 68.1 cm³/mol. The quantitative estimate of drug-likeness (QED) is 0.857. The molecule has 1 aliphatic heterocycles. The molecule has 2 N–H and O–H groups in total. The van der Waals surface area contributed by atoms with E-state index in [2.05, 4.69) is 5.32 Å². The number of urea groups is 1. The number of aromatic carboxylic acids is 1. The van der Waals surface area contributed by atoms with E-state index in [9.17, 15) is 9.59 Å². The van der Waals surface area contributed by atoms with Gasteiger partial charge >= 0.3 is 12.0 Å². The van der Waals surface area contributed by atoms with Gasteiger partial charge in [0, 0.05) is 18.8 Å². The van der Waals surface area contributed by atoms with E-state index in [-0.39, 0.29) is 11.6 Å². The van der Waals surface area contributed by atoms with Gasteiger partial charge < -0.3 is 10.4 Å². The fourth-order valence-electron chi connectivity index (χ4n) is 2.05. The van der Waals surface area contributed by atoms with Crippen molar-refractivity contribution in [3.8, 4) is 0 Å². The topological polar surface area (TPSA) is 69.6 Å². The normalized spacial score (nSPS) is 13.3. The molecule has 1 aromatic rings. The number of carbonyl (C=O) groups is 2. The maximum absolute atomic E-state index is 11.9. The molecule has 0 aliphatic carbocycles. The van der Waals surface area contributed by atoms with E-state index in [1.165, 1.54) is 0 Å². The minimum atomic E-state index is -0.974. The SMILES string of the molecule is CCCNC(=O)N1CCc2ccc(C(=O)O)cc21. The first kappa shape index (κ1) is 12.4. The number of hydrogen-bond acceptors (Lipinski definition) is 2. The van der Waals surface area contributed by atoms with Crippen LogP contribution >= 0.6 is 0 Å². The van der Waals surface area contributed by atoms with Gasteiger partial charge in [-0.15, -0.1) is 0 Å². The number of carbonyl (C=O) groups excluding carboxylic acids is 1. The lowest BCUT2D eigenvalue weighted by atomic mass is 10.1. The Morgan fingerprint density at radius 2 is 2.22 bits per heavy atom. The number of nitrogens with zero attached hydrogens (tertiary/aromatic N) is 1. The van der Waals surface area contributed by atoms with E-state index < -0.39 is 5.97 Å². The molecule has 0 unspecified atom stereocenters. The molecule has 1 aliphatic rings. The van der Waals surface area contributed by atoms with Crippen LogP contribution < -0.4 is 10.2 Å². The Hall–Kier alpha value is -2.04. The maximum Gasteiger partial charge on any atom is 0.335 e. The van der Waals surface area contributed by atoms with E-state index in [1.807, 2.05) is 6.92 Å². The summed E-state index contributed by atoms with van der Waals surface area (Å²) in [4.78, 5) is 24.5. The molecular weight excluding hydrogens is 232 g/mol. The highest BCUT2D eigenvalue weighted by Gasteiger charge is 2.25. The molecule has 5 nitrogen and oxygen atoms in total. The summed E-state index contributed by atoms with van der Waals surface area (Å²) < 4.78 is 0. The number of anilines is 1. The van der Waals surface area contributed by atoms with Gasteiger partial charge in [0.1, 0.15) is 0 Å². The number of rotatable bonds is 3. The van der Waals surface area contributed by atoms with Gasteiger partial charge in [-0.25, -0.2) is 9.59 Å². The van der Waals surface area contributed by atoms with E-state index in [4.69, 9.17) is 5.11 Å². The Balaban J connectivity index is 2.23. The van der Waals surface area contributed by atoms with Crippen molar-refractivity contribution in [3.05, 3.63) is 29.3 Å². The number of amides is 2. The summed E-state index contributed by atoms with van der Waals surface area (Å²) in [6.07, 6.45) is 1.65. The van der Waals surface area contributed by atoms with Crippen LogP contribution in [-0.4, -0.2) is 30.2 Å². The van der Waals surface area contributed by atoms with Crippen molar-refractivity contribution < 1.29 is 14.7 Å². The summed E-state index contributed by atoms with van der Waals surface area (Å²) >= 11 is 0. The van der Waals surface area contributed by atoms with Crippen molar-refractivity contribution in [1.82, 2.24) is 5.32 Å². The Morgan fingerprint density at radius 3 is 2.89 bits per heavy atom. The summed E-state index contributed by atoms with van der Waals surface area (Å²) in [5.41, 5.74) is 1.94. The lowest BCUT2D eigenvalue weighted by Crippen LogP contribution is -2.39. The van der Waals surface area contributed by atoms with Crippen LogP contribution in [0.2, 0.25) is 0 Å². The molecule has 0 bridgehead atoms. The van der Waals surface area contributed by atoms with Gasteiger partial charge in [-0.2, -0.15) is 0 Å². The molecule has 0 saturated heterocycles. The molecule has 0 atom stereocenters. The average molecular weight is 248 g/mol. The molecular formula is C13H16N2O3. The Bertz CT molecular complexity index is 485. The molecule has 1 heterocycles. The second-order valence-electron chi connectivity index (χ2n) is 4.28. The molecule has 96 valence electrons. The number of fused-ring (bicyclic) bond motifs is 1. The smallest absolute Gasteiger partial charge is 0.335 e. The number of nitrogens with one attached hydrogen (secondary N) is 1. The minimum Gasteiger partial charge on any atom is -0.478 e. The van der Waals surface area contributed by atoms with Crippen molar-refractivity contribution in [3.63, 3.8) is 0 Å². The summed E-state index contributed by atoms with van der Waals surface area (Å²) in [6.45, 7) is 3.22. The zero-order valence-corrected chi connectivity index (χ0v) is 10.3. The van der Waals surface area contributed by atoms with Crippen LogP contribution in [0.4, 0.5) is 10.5 Å². The maximum atomic E-state index is 11.9. The van der Waals surface area contributed by atoms with Gasteiger partial charge in [0.25, 0.3) is 0 Å². The molecule has 18 heavy (non-hydrogen) atoms. The molecule has 1 aromatic carbocycles. The third-order valence-electron chi connectivity index (χ3n) is 3.00. The molecule has 5 heteroatoms. The van der Waals surface area contributed by atoms with Crippen LogP contribution in [-0.2, 0) is 6.42 Å². The monoisotopic (exact) mass is 248 g/mol. The number of carboxylic acids is 1. The lowest BCUT2D eigenvalue weighted by Gasteiger charge is -2.18. The first-order chi connectivity index (χ1) is 8.63. The van der Waals surface area contributed by atoms with Gasteiger partial charge in [-0.1, -0.05) is 13.0 Å². The van der Waals surface area contributed by atoms with E-state index in [0.717, 1.165) is 18.4 Å². The molecule has 2 amide bonds. The molecule has 0 saturated carbocycles. The second kappa shape index (κ2) is 5.08. The van der Waals surface area contributed by atoms with E-state index >= 15 is 0 Å². The number of carboxylic acid groups (broad SMARTS) is 1. The van der Waals surface area contributed by atoms with Crippen LogP contribution in [0.5, 0.6) is 0 Å². The van der Waals surface area contributed by atoms with E-state index in [1.54, 1.807) is 23.1 Å². The minimum absolute atomic E-state index is 0.155. The van der Waals surface area contributed by atoms with Gasteiger partial charge in [0.2, 0.25) is 0 Å². The standard InChI is InChI=1S/C13H16N2O3/c1-2-6-14-13(18)15-7-5-9-3-4-10(12(16)17)8-11(9)15/h3-4,8H,2,5-7H2,1H3,(H,14,18)(H,16,17). The number of benzene rings is 1. The highest BCUT2D eigenvalue weighted by Crippen LogP contribution is 2.29. The van der Waals surface area contributed by atoms with Crippen LogP contribution in [0, 0.1) is 0 Å². The van der Waals surface area contributed by atoms with E-state index in [0.29, 0.717) is 18.8 Å². The summed E-state index contributed by atoms with van der Waals surface area (Å²) in [7, 11) is 0. The Labute approximate surface area is 105 Å². The largest absolute Gasteiger partial charge is 0.478 e. The van der Waals surface area contributed by atoms with Crippen molar-refractivity contribution in [2.75, 3.05) is 18.0 Å². The Kier molecular flexibility index (Phi) is 3.50. The first-order valence-corrected chi connectivity index (χ1v) is 6.05. The van der Waals surface area contributed by atoms with Crippen molar-refractivity contribution in [2.45, 2.75) is 19.8 Å².